The molecule has 0 saturated carbocycles. The van der Waals surface area contributed by atoms with E-state index in [9.17, 15) is 0 Å². The Morgan fingerprint density at radius 1 is 1.45 bits per heavy atom. The lowest BCUT2D eigenvalue weighted by Crippen LogP contribution is -2.17. The molecule has 1 nitrogen and oxygen atoms in total. The molecule has 0 N–H and O–H groups in total. The Kier molecular flexibility index (Phi) is 2.96. The van der Waals surface area contributed by atoms with E-state index in [1.807, 2.05) is 0 Å². The minimum atomic E-state index is 1.11. The van der Waals surface area contributed by atoms with Gasteiger partial charge in [-0.15, -0.1) is 0 Å². The van der Waals surface area contributed by atoms with Crippen molar-refractivity contribution in [2.75, 3.05) is 6.54 Å². The van der Waals surface area contributed by atoms with E-state index in [-0.39, 0.29) is 0 Å². The molecule has 0 fully saturated rings. The van der Waals surface area contributed by atoms with Crippen LogP contribution in [0.5, 0.6) is 0 Å². The standard InChI is InChI=1S/C10H15N/c1-3-8-11-9-6-5-7-10(11)4-2/h4-7,9H,3,8H2,1-2H3/b10-4-. The van der Waals surface area contributed by atoms with Crippen LogP contribution < -0.4 is 0 Å². The van der Waals surface area contributed by atoms with Gasteiger partial charge in [0.25, 0.3) is 0 Å². The SMILES string of the molecule is C/C=C1/C=CC=CN1CCC. The lowest BCUT2D eigenvalue weighted by atomic mass is 10.2. The lowest BCUT2D eigenvalue weighted by Gasteiger charge is -2.22. The van der Waals surface area contributed by atoms with E-state index in [0.717, 1.165) is 6.54 Å². The van der Waals surface area contributed by atoms with Crippen LogP contribution in [0.1, 0.15) is 20.3 Å². The van der Waals surface area contributed by atoms with Gasteiger partial charge in [-0.05, 0) is 25.5 Å². The predicted octanol–water partition coefficient (Wildman–Crippen LogP) is 2.69. The lowest BCUT2D eigenvalue weighted by molar-refractivity contribution is 0.471. The first-order valence-corrected chi connectivity index (χ1v) is 4.16. The third-order valence-electron chi connectivity index (χ3n) is 1.74. The molecule has 0 atom stereocenters. The van der Waals surface area contributed by atoms with Crippen LogP contribution in [0.25, 0.3) is 0 Å². The monoisotopic (exact) mass is 149 g/mol. The van der Waals surface area contributed by atoms with E-state index in [0.29, 0.717) is 0 Å². The molecule has 0 aromatic heterocycles. The van der Waals surface area contributed by atoms with Gasteiger partial charge < -0.3 is 4.90 Å². The van der Waals surface area contributed by atoms with Gasteiger partial charge in [0.15, 0.2) is 0 Å². The average Bonchev–Trinajstić information content (AvgIpc) is 2.06. The highest BCUT2D eigenvalue weighted by Gasteiger charge is 2.02. The van der Waals surface area contributed by atoms with Crippen LogP contribution in [0.4, 0.5) is 0 Å². The Balaban J connectivity index is 2.63. The fourth-order valence-corrected chi connectivity index (χ4v) is 1.20. The zero-order chi connectivity index (χ0) is 8.10. The zero-order valence-corrected chi connectivity index (χ0v) is 7.25. The molecule has 0 aliphatic carbocycles. The van der Waals surface area contributed by atoms with Crippen LogP contribution in [0, 0.1) is 0 Å². The Bertz CT molecular complexity index is 199. The van der Waals surface area contributed by atoms with E-state index in [1.54, 1.807) is 0 Å². The van der Waals surface area contributed by atoms with Crippen molar-refractivity contribution in [1.29, 1.82) is 0 Å². The number of rotatable bonds is 2. The molecule has 0 amide bonds. The van der Waals surface area contributed by atoms with Crippen molar-refractivity contribution in [1.82, 2.24) is 4.90 Å². The van der Waals surface area contributed by atoms with E-state index in [4.69, 9.17) is 0 Å². The molecule has 1 aliphatic rings. The van der Waals surface area contributed by atoms with Crippen molar-refractivity contribution in [2.24, 2.45) is 0 Å². The zero-order valence-electron chi connectivity index (χ0n) is 7.25. The molecular weight excluding hydrogens is 134 g/mol. The second kappa shape index (κ2) is 4.02. The molecule has 1 aliphatic heterocycles. The Morgan fingerprint density at radius 3 is 2.91 bits per heavy atom. The molecule has 0 aromatic rings. The number of hydrogen-bond acceptors (Lipinski definition) is 1. The minimum Gasteiger partial charge on any atom is -0.348 e. The van der Waals surface area contributed by atoms with Gasteiger partial charge in [-0.3, -0.25) is 0 Å². The summed E-state index contributed by atoms with van der Waals surface area (Å²) in [4.78, 5) is 2.26. The molecule has 11 heavy (non-hydrogen) atoms. The van der Waals surface area contributed by atoms with Crippen molar-refractivity contribution in [3.63, 3.8) is 0 Å². The molecule has 0 unspecified atom stereocenters. The highest BCUT2D eigenvalue weighted by molar-refractivity contribution is 5.27. The summed E-state index contributed by atoms with van der Waals surface area (Å²) in [5.74, 6) is 0. The Labute approximate surface area is 68.7 Å². The first kappa shape index (κ1) is 8.12. The highest BCUT2D eigenvalue weighted by atomic mass is 15.1. The van der Waals surface area contributed by atoms with E-state index < -0.39 is 0 Å². The van der Waals surface area contributed by atoms with Gasteiger partial charge >= 0.3 is 0 Å². The average molecular weight is 149 g/mol. The molecule has 1 rings (SSSR count). The van der Waals surface area contributed by atoms with Gasteiger partial charge in [0.05, 0.1) is 0 Å². The summed E-state index contributed by atoms with van der Waals surface area (Å²) in [6, 6.07) is 0. The largest absolute Gasteiger partial charge is 0.348 e. The molecular formula is C10H15N. The van der Waals surface area contributed by atoms with Crippen molar-refractivity contribution in [3.05, 3.63) is 36.2 Å². The van der Waals surface area contributed by atoms with Crippen molar-refractivity contribution >= 4 is 0 Å². The molecule has 1 heterocycles. The van der Waals surface area contributed by atoms with Crippen molar-refractivity contribution in [2.45, 2.75) is 20.3 Å². The summed E-state index contributed by atoms with van der Waals surface area (Å²) >= 11 is 0. The van der Waals surface area contributed by atoms with E-state index in [2.05, 4.69) is 49.3 Å². The maximum absolute atomic E-state index is 2.26. The maximum atomic E-state index is 2.26. The van der Waals surface area contributed by atoms with Crippen LogP contribution in [-0.2, 0) is 0 Å². The summed E-state index contributed by atoms with van der Waals surface area (Å²) in [7, 11) is 0. The summed E-state index contributed by atoms with van der Waals surface area (Å²) in [5, 5.41) is 0. The second-order valence-corrected chi connectivity index (χ2v) is 2.61. The number of nitrogens with zero attached hydrogens (tertiary/aromatic N) is 1. The normalized spacial score (nSPS) is 19.8. The topological polar surface area (TPSA) is 3.24 Å². The van der Waals surface area contributed by atoms with E-state index >= 15 is 0 Å². The van der Waals surface area contributed by atoms with Crippen LogP contribution in [0.3, 0.4) is 0 Å². The highest BCUT2D eigenvalue weighted by Crippen LogP contribution is 2.11. The third kappa shape index (κ3) is 1.97. The van der Waals surface area contributed by atoms with E-state index in [1.165, 1.54) is 12.1 Å². The van der Waals surface area contributed by atoms with Gasteiger partial charge in [0.1, 0.15) is 0 Å². The number of hydrogen-bond donors (Lipinski definition) is 0. The first-order chi connectivity index (χ1) is 5.38. The van der Waals surface area contributed by atoms with Crippen LogP contribution >= 0.6 is 0 Å². The van der Waals surface area contributed by atoms with Gasteiger partial charge in [0.2, 0.25) is 0 Å². The quantitative estimate of drug-likeness (QED) is 0.583. The van der Waals surface area contributed by atoms with Crippen molar-refractivity contribution in [3.8, 4) is 0 Å². The number of allylic oxidation sites excluding steroid dienone is 4. The molecule has 0 aromatic carbocycles. The van der Waals surface area contributed by atoms with Crippen LogP contribution in [0.15, 0.2) is 36.2 Å². The molecule has 60 valence electrons. The summed E-state index contributed by atoms with van der Waals surface area (Å²) in [5.41, 5.74) is 1.30. The summed E-state index contributed by atoms with van der Waals surface area (Å²) < 4.78 is 0. The minimum absolute atomic E-state index is 1.11. The van der Waals surface area contributed by atoms with Crippen LogP contribution in [-0.4, -0.2) is 11.4 Å². The Hall–Kier alpha value is -0.980. The Morgan fingerprint density at radius 2 is 2.27 bits per heavy atom. The van der Waals surface area contributed by atoms with Gasteiger partial charge in [-0.2, -0.15) is 0 Å². The molecule has 0 radical (unpaired) electrons. The van der Waals surface area contributed by atoms with Gasteiger partial charge in [-0.25, -0.2) is 0 Å². The molecule has 0 bridgehead atoms. The third-order valence-corrected chi connectivity index (χ3v) is 1.74. The smallest absolute Gasteiger partial charge is 0.0362 e. The first-order valence-electron chi connectivity index (χ1n) is 4.16. The summed E-state index contributed by atoms with van der Waals surface area (Å²) in [6.07, 6.45) is 11.7. The molecule has 1 heteroatoms. The fourth-order valence-electron chi connectivity index (χ4n) is 1.20. The van der Waals surface area contributed by atoms with Crippen molar-refractivity contribution < 1.29 is 0 Å². The van der Waals surface area contributed by atoms with Gasteiger partial charge in [0, 0.05) is 18.4 Å². The predicted molar refractivity (Wildman–Crippen MR) is 49.0 cm³/mol. The summed E-state index contributed by atoms with van der Waals surface area (Å²) in [6.45, 7) is 5.38. The molecule has 0 spiro atoms. The van der Waals surface area contributed by atoms with Crippen LogP contribution in [0.2, 0.25) is 0 Å². The second-order valence-electron chi connectivity index (χ2n) is 2.61. The fraction of sp³-hybridized carbons (Fsp3) is 0.400. The molecule has 0 saturated heterocycles. The van der Waals surface area contributed by atoms with Gasteiger partial charge in [-0.1, -0.05) is 19.1 Å². The maximum Gasteiger partial charge on any atom is 0.0362 e.